The van der Waals surface area contributed by atoms with Crippen molar-refractivity contribution in [3.05, 3.63) is 41.2 Å². The molecule has 6 nitrogen and oxygen atoms in total. The van der Waals surface area contributed by atoms with Gasteiger partial charge in [-0.25, -0.2) is 4.98 Å². The molecule has 1 fully saturated rings. The molecule has 24 heavy (non-hydrogen) atoms. The highest BCUT2D eigenvalue weighted by Gasteiger charge is 2.15. The maximum atomic E-state index is 5.90. The van der Waals surface area contributed by atoms with E-state index in [9.17, 15) is 0 Å². The topological polar surface area (TPSA) is 79.4 Å². The van der Waals surface area contributed by atoms with Gasteiger partial charge in [0.05, 0.1) is 5.69 Å². The fourth-order valence-electron chi connectivity index (χ4n) is 2.68. The van der Waals surface area contributed by atoms with Gasteiger partial charge < -0.3 is 16.0 Å². The molecule has 3 heterocycles. The molecule has 0 aromatic carbocycles. The summed E-state index contributed by atoms with van der Waals surface area (Å²) in [4.78, 5) is 15.7. The van der Waals surface area contributed by atoms with Gasteiger partial charge in [-0.1, -0.05) is 6.07 Å². The predicted molar refractivity (Wildman–Crippen MR) is 99.7 cm³/mol. The highest BCUT2D eigenvalue weighted by Crippen LogP contribution is 2.24. The summed E-state index contributed by atoms with van der Waals surface area (Å²) < 4.78 is 0. The van der Waals surface area contributed by atoms with Gasteiger partial charge in [-0.05, 0) is 25.0 Å². The van der Waals surface area contributed by atoms with Gasteiger partial charge in [-0.15, -0.1) is 11.3 Å². The minimum atomic E-state index is 0.487. The Kier molecular flexibility index (Phi) is 6.01. The second-order valence-electron chi connectivity index (χ2n) is 5.83. The zero-order valence-corrected chi connectivity index (χ0v) is 14.6. The van der Waals surface area contributed by atoms with Crippen LogP contribution >= 0.6 is 11.3 Å². The highest BCUT2D eigenvalue weighted by atomic mass is 32.1. The van der Waals surface area contributed by atoms with Crippen LogP contribution in [0.3, 0.4) is 0 Å². The van der Waals surface area contributed by atoms with Crippen LogP contribution in [0, 0.1) is 0 Å². The van der Waals surface area contributed by atoms with E-state index in [1.54, 1.807) is 17.5 Å². The molecular formula is C17H24N6S. The van der Waals surface area contributed by atoms with Gasteiger partial charge in [0.15, 0.2) is 11.1 Å². The number of rotatable bonds is 7. The number of hydrogen-bond donors (Lipinski definition) is 2. The molecule has 0 unspecified atom stereocenters. The predicted octanol–water partition coefficient (Wildman–Crippen LogP) is 1.83. The van der Waals surface area contributed by atoms with Crippen molar-refractivity contribution < 1.29 is 0 Å². The minimum Gasteiger partial charge on any atom is -0.370 e. The summed E-state index contributed by atoms with van der Waals surface area (Å²) in [7, 11) is 0. The first kappa shape index (κ1) is 16.7. The molecule has 1 aliphatic heterocycles. The number of aliphatic imine (C=N–C) groups is 1. The van der Waals surface area contributed by atoms with E-state index in [0.717, 1.165) is 49.0 Å². The quantitative estimate of drug-likeness (QED) is 0.592. The summed E-state index contributed by atoms with van der Waals surface area (Å²) >= 11 is 1.74. The third-order valence-electron chi connectivity index (χ3n) is 3.98. The molecule has 0 saturated carbocycles. The molecule has 0 aliphatic carbocycles. The van der Waals surface area contributed by atoms with Crippen molar-refractivity contribution in [1.82, 2.24) is 15.3 Å². The molecule has 3 N–H and O–H groups in total. The first-order valence-corrected chi connectivity index (χ1v) is 9.32. The zero-order valence-electron chi connectivity index (χ0n) is 13.8. The molecule has 2 aromatic rings. The van der Waals surface area contributed by atoms with Crippen molar-refractivity contribution >= 4 is 22.4 Å². The molecule has 0 bridgehead atoms. The van der Waals surface area contributed by atoms with Crippen LogP contribution in [0.2, 0.25) is 0 Å². The monoisotopic (exact) mass is 344 g/mol. The Morgan fingerprint density at radius 1 is 1.25 bits per heavy atom. The minimum absolute atomic E-state index is 0.487. The molecule has 0 amide bonds. The van der Waals surface area contributed by atoms with Gasteiger partial charge in [0.1, 0.15) is 0 Å². The van der Waals surface area contributed by atoms with Gasteiger partial charge in [0.25, 0.3) is 0 Å². The number of nitrogens with one attached hydrogen (secondary N) is 1. The Morgan fingerprint density at radius 2 is 2.12 bits per heavy atom. The number of hydrogen-bond acceptors (Lipinski definition) is 5. The zero-order chi connectivity index (χ0) is 16.6. The van der Waals surface area contributed by atoms with Crippen molar-refractivity contribution in [2.45, 2.75) is 25.7 Å². The Bertz CT molecular complexity index is 648. The van der Waals surface area contributed by atoms with Gasteiger partial charge in [0.2, 0.25) is 0 Å². The lowest BCUT2D eigenvalue weighted by Gasteiger charge is -2.12. The standard InChI is InChI=1S/C17H24N6S/c18-16(20-9-6-14-5-1-2-8-19-14)21-10-7-15-13-24-17(22-15)23-11-3-4-12-23/h1-2,5,8,13H,3-4,6-7,9-12H2,(H3,18,20,21). The lowest BCUT2D eigenvalue weighted by atomic mass is 10.3. The average Bonchev–Trinajstić information content (AvgIpc) is 3.27. The van der Waals surface area contributed by atoms with Gasteiger partial charge in [-0.3, -0.25) is 9.98 Å². The maximum absolute atomic E-state index is 5.90. The van der Waals surface area contributed by atoms with Crippen molar-refractivity contribution in [3.8, 4) is 0 Å². The lowest BCUT2D eigenvalue weighted by Crippen LogP contribution is -2.33. The van der Waals surface area contributed by atoms with Crippen LogP contribution in [-0.4, -0.2) is 42.1 Å². The van der Waals surface area contributed by atoms with E-state index >= 15 is 0 Å². The number of nitrogens with zero attached hydrogens (tertiary/aromatic N) is 4. The number of aromatic nitrogens is 2. The smallest absolute Gasteiger partial charge is 0.188 e. The first-order valence-electron chi connectivity index (χ1n) is 8.44. The van der Waals surface area contributed by atoms with E-state index in [4.69, 9.17) is 10.7 Å². The summed E-state index contributed by atoms with van der Waals surface area (Å²) in [5.41, 5.74) is 8.05. The van der Waals surface area contributed by atoms with Gasteiger partial charge >= 0.3 is 0 Å². The van der Waals surface area contributed by atoms with E-state index in [0.29, 0.717) is 12.5 Å². The summed E-state index contributed by atoms with van der Waals surface area (Å²) in [6, 6.07) is 5.90. The number of thiazole rings is 1. The second kappa shape index (κ2) is 8.63. The number of pyridine rings is 1. The third kappa shape index (κ3) is 4.92. The molecule has 1 aliphatic rings. The van der Waals surface area contributed by atoms with Crippen molar-refractivity contribution in [1.29, 1.82) is 0 Å². The Morgan fingerprint density at radius 3 is 2.92 bits per heavy atom. The van der Waals surface area contributed by atoms with E-state index in [1.165, 1.54) is 12.8 Å². The Balaban J connectivity index is 1.37. The van der Waals surface area contributed by atoms with Crippen LogP contribution in [0.4, 0.5) is 5.13 Å². The van der Waals surface area contributed by atoms with Crippen LogP contribution in [-0.2, 0) is 12.8 Å². The number of guanidine groups is 1. The Hall–Kier alpha value is -2.15. The molecule has 7 heteroatoms. The Labute approximate surface area is 146 Å². The van der Waals surface area contributed by atoms with Crippen LogP contribution in [0.15, 0.2) is 34.8 Å². The third-order valence-corrected chi connectivity index (χ3v) is 4.93. The maximum Gasteiger partial charge on any atom is 0.188 e. The number of nitrogens with two attached hydrogens (primary N) is 1. The van der Waals surface area contributed by atoms with Gasteiger partial charge in [0, 0.05) is 56.3 Å². The van der Waals surface area contributed by atoms with E-state index in [2.05, 4.69) is 25.6 Å². The highest BCUT2D eigenvalue weighted by molar-refractivity contribution is 7.13. The van der Waals surface area contributed by atoms with E-state index in [-0.39, 0.29) is 0 Å². The lowest BCUT2D eigenvalue weighted by molar-refractivity contribution is 0.823. The fraction of sp³-hybridized carbons (Fsp3) is 0.471. The molecule has 3 rings (SSSR count). The first-order chi connectivity index (χ1) is 11.8. The normalized spacial score (nSPS) is 15.0. The molecular weight excluding hydrogens is 320 g/mol. The van der Waals surface area contributed by atoms with Crippen LogP contribution in [0.1, 0.15) is 24.2 Å². The summed E-state index contributed by atoms with van der Waals surface area (Å²) in [5.74, 6) is 0.487. The van der Waals surface area contributed by atoms with Crippen LogP contribution in [0.25, 0.3) is 0 Å². The van der Waals surface area contributed by atoms with Gasteiger partial charge in [-0.2, -0.15) is 0 Å². The largest absolute Gasteiger partial charge is 0.370 e. The summed E-state index contributed by atoms with van der Waals surface area (Å²) in [6.07, 6.45) is 6.02. The van der Waals surface area contributed by atoms with Crippen LogP contribution in [0.5, 0.6) is 0 Å². The van der Waals surface area contributed by atoms with Crippen molar-refractivity contribution in [2.24, 2.45) is 10.7 Å². The second-order valence-corrected chi connectivity index (χ2v) is 6.67. The van der Waals surface area contributed by atoms with E-state index < -0.39 is 0 Å². The fourth-order valence-corrected chi connectivity index (χ4v) is 3.59. The summed E-state index contributed by atoms with van der Waals surface area (Å²) in [5, 5.41) is 6.45. The summed E-state index contributed by atoms with van der Waals surface area (Å²) in [6.45, 7) is 3.68. The molecule has 0 atom stereocenters. The van der Waals surface area contributed by atoms with Crippen molar-refractivity contribution in [2.75, 3.05) is 31.1 Å². The SMILES string of the molecule is NC(=NCCc1ccccn1)NCCc1csc(N2CCCC2)n1. The average molecular weight is 344 g/mol. The molecule has 128 valence electrons. The molecule has 1 saturated heterocycles. The number of anilines is 1. The molecule has 0 radical (unpaired) electrons. The molecule has 0 spiro atoms. The van der Waals surface area contributed by atoms with Crippen molar-refractivity contribution in [3.63, 3.8) is 0 Å². The van der Waals surface area contributed by atoms with Crippen LogP contribution < -0.4 is 16.0 Å². The molecule has 2 aromatic heterocycles. The van der Waals surface area contributed by atoms with E-state index in [1.807, 2.05) is 18.2 Å².